The molecule has 4 rings (SSSR count). The average molecular weight is 327 g/mol. The Morgan fingerprint density at radius 2 is 1.62 bits per heavy atom. The van der Waals surface area contributed by atoms with Crippen LogP contribution in [0.1, 0.15) is 31.4 Å². The van der Waals surface area contributed by atoms with E-state index in [0.717, 1.165) is 61.3 Å². The first-order valence-corrected chi connectivity index (χ1v) is 8.83. The van der Waals surface area contributed by atoms with Crippen LogP contribution >= 0.6 is 0 Å². The lowest BCUT2D eigenvalue weighted by molar-refractivity contribution is -0.0490. The Hall–Kier alpha value is -1.72. The van der Waals surface area contributed by atoms with Crippen LogP contribution in [0.25, 0.3) is 10.9 Å². The normalized spacial score (nSPS) is 29.9. The predicted octanol–water partition coefficient (Wildman–Crippen LogP) is 2.29. The van der Waals surface area contributed by atoms with Gasteiger partial charge in [0.25, 0.3) is 0 Å². The molecule has 1 aliphatic heterocycles. The van der Waals surface area contributed by atoms with Crippen LogP contribution in [0.3, 0.4) is 0 Å². The van der Waals surface area contributed by atoms with E-state index in [2.05, 4.69) is 4.90 Å². The van der Waals surface area contributed by atoms with Gasteiger partial charge < -0.3 is 15.1 Å². The highest BCUT2D eigenvalue weighted by molar-refractivity contribution is 5.81. The Morgan fingerprint density at radius 3 is 2.25 bits per heavy atom. The molecule has 24 heavy (non-hydrogen) atoms. The van der Waals surface area contributed by atoms with Crippen molar-refractivity contribution < 1.29 is 10.2 Å². The summed E-state index contributed by atoms with van der Waals surface area (Å²) in [6.45, 7) is 3.71. The second-order valence-electron chi connectivity index (χ2n) is 7.57. The Labute approximate surface area is 142 Å². The molecule has 2 fully saturated rings. The zero-order chi connectivity index (χ0) is 16.8. The van der Waals surface area contributed by atoms with Crippen molar-refractivity contribution in [2.45, 2.75) is 32.6 Å². The van der Waals surface area contributed by atoms with Crippen molar-refractivity contribution in [1.82, 2.24) is 9.97 Å². The summed E-state index contributed by atoms with van der Waals surface area (Å²) in [6, 6.07) is 8.06. The summed E-state index contributed by atoms with van der Waals surface area (Å²) in [7, 11) is 0. The molecule has 1 saturated heterocycles. The first-order valence-electron chi connectivity index (χ1n) is 8.83. The molecule has 1 aromatic heterocycles. The fraction of sp³-hybridized carbons (Fsp3) is 0.579. The van der Waals surface area contributed by atoms with Gasteiger partial charge in [0.2, 0.25) is 5.95 Å². The second-order valence-corrected chi connectivity index (χ2v) is 7.57. The van der Waals surface area contributed by atoms with Gasteiger partial charge in [-0.3, -0.25) is 0 Å². The molecule has 2 atom stereocenters. The number of aromatic nitrogens is 2. The summed E-state index contributed by atoms with van der Waals surface area (Å²) in [4.78, 5) is 11.7. The third-order valence-electron chi connectivity index (χ3n) is 6.34. The first kappa shape index (κ1) is 15.8. The van der Waals surface area contributed by atoms with Crippen molar-refractivity contribution in [2.75, 3.05) is 31.2 Å². The van der Waals surface area contributed by atoms with Crippen LogP contribution in [0, 0.1) is 17.8 Å². The Kier molecular flexibility index (Phi) is 3.73. The van der Waals surface area contributed by atoms with Gasteiger partial charge in [-0.15, -0.1) is 0 Å². The van der Waals surface area contributed by atoms with Crippen molar-refractivity contribution in [3.8, 4) is 0 Å². The number of anilines is 1. The Bertz CT molecular complexity index is 743. The van der Waals surface area contributed by atoms with Crippen LogP contribution in [0.15, 0.2) is 24.3 Å². The van der Waals surface area contributed by atoms with Gasteiger partial charge in [0.15, 0.2) is 0 Å². The van der Waals surface area contributed by atoms with E-state index in [4.69, 9.17) is 9.97 Å². The topological polar surface area (TPSA) is 69.5 Å². The van der Waals surface area contributed by atoms with Gasteiger partial charge in [-0.05, 0) is 25.8 Å². The molecular weight excluding hydrogens is 302 g/mol. The number of aliphatic hydroxyl groups is 2. The summed E-state index contributed by atoms with van der Waals surface area (Å²) >= 11 is 0. The van der Waals surface area contributed by atoms with Crippen molar-refractivity contribution in [3.63, 3.8) is 0 Å². The Balaban J connectivity index is 1.76. The molecule has 1 aromatic carbocycles. The Morgan fingerprint density at radius 1 is 1.00 bits per heavy atom. The molecular formula is C19H25N3O2. The van der Waals surface area contributed by atoms with Gasteiger partial charge in [-0.25, -0.2) is 9.97 Å². The zero-order valence-electron chi connectivity index (χ0n) is 14.2. The van der Waals surface area contributed by atoms with Gasteiger partial charge >= 0.3 is 0 Å². The van der Waals surface area contributed by atoms with E-state index in [1.807, 2.05) is 31.2 Å². The molecule has 0 unspecified atom stereocenters. The maximum absolute atomic E-state index is 10.2. The number of benzene rings is 1. The molecule has 0 bridgehead atoms. The second kappa shape index (κ2) is 5.67. The van der Waals surface area contributed by atoms with Gasteiger partial charge in [-0.2, -0.15) is 0 Å². The highest BCUT2D eigenvalue weighted by Crippen LogP contribution is 2.55. The molecule has 0 radical (unpaired) electrons. The summed E-state index contributed by atoms with van der Waals surface area (Å²) in [5, 5.41) is 21.4. The minimum Gasteiger partial charge on any atom is -0.396 e. The van der Waals surface area contributed by atoms with E-state index in [1.54, 1.807) is 0 Å². The fourth-order valence-electron chi connectivity index (χ4n) is 4.83. The van der Waals surface area contributed by atoms with E-state index in [-0.39, 0.29) is 24.0 Å². The largest absolute Gasteiger partial charge is 0.396 e. The summed E-state index contributed by atoms with van der Waals surface area (Å²) in [5.41, 5.74) is 1.46. The number of para-hydroxylation sites is 1. The van der Waals surface area contributed by atoms with Gasteiger partial charge in [-0.1, -0.05) is 31.0 Å². The number of rotatable bonds is 3. The standard InChI is InChI=1S/C19H25N3O2/c1-14-15-6-2-3-7-16(15)21-17(20-14)22-10-18(12-23)8-4-5-9-19(18,11-22)13-24/h2-3,6-7,23-24H,4-5,8-13H2,1H3/t18-,19+. The predicted molar refractivity (Wildman–Crippen MR) is 94.0 cm³/mol. The van der Waals surface area contributed by atoms with Crippen LogP contribution in [0.2, 0.25) is 0 Å². The van der Waals surface area contributed by atoms with E-state index in [9.17, 15) is 10.2 Å². The lowest BCUT2D eigenvalue weighted by Gasteiger charge is -2.46. The van der Waals surface area contributed by atoms with Crippen LogP contribution in [0.5, 0.6) is 0 Å². The molecule has 0 amide bonds. The lowest BCUT2D eigenvalue weighted by atomic mass is 9.58. The molecule has 1 saturated carbocycles. The zero-order valence-corrected chi connectivity index (χ0v) is 14.2. The average Bonchev–Trinajstić information content (AvgIpc) is 2.98. The minimum atomic E-state index is -0.233. The number of hydrogen-bond acceptors (Lipinski definition) is 5. The number of fused-ring (bicyclic) bond motifs is 2. The maximum atomic E-state index is 10.2. The highest BCUT2D eigenvalue weighted by atomic mass is 16.3. The van der Waals surface area contributed by atoms with Crippen LogP contribution < -0.4 is 4.90 Å². The van der Waals surface area contributed by atoms with E-state index < -0.39 is 0 Å². The first-order chi connectivity index (χ1) is 11.6. The summed E-state index contributed by atoms with van der Waals surface area (Å²) < 4.78 is 0. The fourth-order valence-corrected chi connectivity index (χ4v) is 4.83. The summed E-state index contributed by atoms with van der Waals surface area (Å²) in [6.07, 6.45) is 4.17. The SMILES string of the molecule is Cc1nc(N2C[C@]3(CO)CCCC[C@]3(CO)C2)nc2ccccc12. The highest BCUT2D eigenvalue weighted by Gasteiger charge is 2.58. The van der Waals surface area contributed by atoms with Crippen molar-refractivity contribution in [2.24, 2.45) is 10.8 Å². The number of nitrogens with zero attached hydrogens (tertiary/aromatic N) is 3. The van der Waals surface area contributed by atoms with Crippen LogP contribution in [0.4, 0.5) is 5.95 Å². The van der Waals surface area contributed by atoms with Crippen molar-refractivity contribution >= 4 is 16.9 Å². The van der Waals surface area contributed by atoms with Crippen molar-refractivity contribution in [3.05, 3.63) is 30.0 Å². The molecule has 1 aliphatic carbocycles. The summed E-state index contributed by atoms with van der Waals surface area (Å²) in [5.74, 6) is 0.723. The quantitative estimate of drug-likeness (QED) is 0.905. The van der Waals surface area contributed by atoms with Crippen LogP contribution in [-0.4, -0.2) is 46.5 Å². The molecule has 2 heterocycles. The van der Waals surface area contributed by atoms with E-state index in [0.29, 0.717) is 0 Å². The third-order valence-corrected chi connectivity index (χ3v) is 6.34. The molecule has 2 aromatic rings. The number of aliphatic hydroxyl groups excluding tert-OH is 2. The molecule has 128 valence electrons. The smallest absolute Gasteiger partial charge is 0.226 e. The van der Waals surface area contributed by atoms with E-state index >= 15 is 0 Å². The van der Waals surface area contributed by atoms with E-state index in [1.165, 1.54) is 0 Å². The molecule has 5 nitrogen and oxygen atoms in total. The minimum absolute atomic E-state index is 0.122. The lowest BCUT2D eigenvalue weighted by Crippen LogP contribution is -2.48. The number of aryl methyl sites for hydroxylation is 1. The molecule has 2 N–H and O–H groups in total. The van der Waals surface area contributed by atoms with Crippen LogP contribution in [-0.2, 0) is 0 Å². The van der Waals surface area contributed by atoms with Gasteiger partial charge in [0, 0.05) is 29.3 Å². The molecule has 2 aliphatic rings. The maximum Gasteiger partial charge on any atom is 0.226 e. The number of hydrogen-bond donors (Lipinski definition) is 2. The molecule has 0 spiro atoms. The monoisotopic (exact) mass is 327 g/mol. The van der Waals surface area contributed by atoms with Crippen molar-refractivity contribution in [1.29, 1.82) is 0 Å². The molecule has 5 heteroatoms. The van der Waals surface area contributed by atoms with Gasteiger partial charge in [0.1, 0.15) is 0 Å². The van der Waals surface area contributed by atoms with Gasteiger partial charge in [0.05, 0.1) is 24.4 Å². The third kappa shape index (κ3) is 2.15.